The van der Waals surface area contributed by atoms with E-state index in [1.54, 1.807) is 37.3 Å². The van der Waals surface area contributed by atoms with Gasteiger partial charge in [-0.1, -0.05) is 6.42 Å². The minimum atomic E-state index is -0.613. The molecule has 1 aromatic carbocycles. The van der Waals surface area contributed by atoms with Gasteiger partial charge in [0.25, 0.3) is 11.8 Å². The average Bonchev–Trinajstić information content (AvgIpc) is 3.32. The number of carbonyl (C=O) groups excluding carboxylic acids is 3. The zero-order chi connectivity index (χ0) is 35.1. The van der Waals surface area contributed by atoms with Crippen LogP contribution in [0.15, 0.2) is 53.1 Å². The molecule has 0 bridgehead atoms. The summed E-state index contributed by atoms with van der Waals surface area (Å²) in [4.78, 5) is 53.3. The molecule has 0 atom stereocenters. The van der Waals surface area contributed by atoms with Crippen molar-refractivity contribution in [1.29, 1.82) is 0 Å². The van der Waals surface area contributed by atoms with E-state index in [1.807, 2.05) is 6.07 Å². The molecule has 0 saturated carbocycles. The number of aromatic nitrogens is 2. The molecule has 4 aliphatic rings. The number of anilines is 3. The van der Waals surface area contributed by atoms with Crippen molar-refractivity contribution in [3.8, 4) is 11.5 Å². The van der Waals surface area contributed by atoms with Crippen LogP contribution in [0.5, 0.6) is 0 Å². The highest BCUT2D eigenvalue weighted by atomic mass is 19.1. The van der Waals surface area contributed by atoms with E-state index < -0.39 is 11.8 Å². The Balaban J connectivity index is 1.02. The summed E-state index contributed by atoms with van der Waals surface area (Å²) in [6, 6.07) is 11.5. The van der Waals surface area contributed by atoms with Gasteiger partial charge in [-0.2, -0.15) is 0 Å². The molecule has 11 nitrogen and oxygen atoms in total. The summed E-state index contributed by atoms with van der Waals surface area (Å²) in [6.45, 7) is 5.38. The van der Waals surface area contributed by atoms with E-state index in [1.165, 1.54) is 11.0 Å². The van der Waals surface area contributed by atoms with Crippen molar-refractivity contribution in [2.24, 2.45) is 5.41 Å². The zero-order valence-electron chi connectivity index (χ0n) is 28.6. The second-order valence-corrected chi connectivity index (χ2v) is 13.9. The molecule has 1 N–H and O–H groups in total. The Kier molecular flexibility index (Phi) is 8.79. The predicted molar refractivity (Wildman–Crippen MR) is 188 cm³/mol. The number of ether oxygens (including phenoxy) is 2. The summed E-state index contributed by atoms with van der Waals surface area (Å²) in [5.74, 6) is -0.755. The Bertz CT molecular complexity index is 2000. The number of nitrogens with one attached hydrogen (secondary N) is 1. The summed E-state index contributed by atoms with van der Waals surface area (Å²) in [5.41, 5.74) is 5.08. The molecule has 2 amide bonds. The van der Waals surface area contributed by atoms with E-state index >= 15 is 0 Å². The fraction of sp³-hybridized carbons (Fsp3) is 0.410. The number of nitrogens with zero attached hydrogens (tertiary/aromatic N) is 4. The third-order valence-electron chi connectivity index (χ3n) is 10.5. The van der Waals surface area contributed by atoms with Crippen molar-refractivity contribution in [1.82, 2.24) is 9.97 Å². The highest BCUT2D eigenvalue weighted by Crippen LogP contribution is 2.43. The number of rotatable bonds is 6. The first-order valence-electron chi connectivity index (χ1n) is 17.9. The molecule has 6 heterocycles. The Morgan fingerprint density at radius 1 is 0.980 bits per heavy atom. The highest BCUT2D eigenvalue weighted by Gasteiger charge is 2.45. The predicted octanol–water partition coefficient (Wildman–Crippen LogP) is 6.39. The molecule has 1 spiro atoms. The second-order valence-electron chi connectivity index (χ2n) is 13.9. The molecule has 12 heteroatoms. The average molecular weight is 694 g/mol. The molecule has 8 rings (SSSR count). The minimum Gasteiger partial charge on any atom is -0.460 e. The summed E-state index contributed by atoms with van der Waals surface area (Å²) < 4.78 is 31.1. The molecule has 4 aromatic rings. The van der Waals surface area contributed by atoms with Crippen LogP contribution in [0.25, 0.3) is 11.5 Å². The van der Waals surface area contributed by atoms with E-state index in [-0.39, 0.29) is 47.5 Å². The van der Waals surface area contributed by atoms with Gasteiger partial charge in [0.1, 0.15) is 17.3 Å². The Labute approximate surface area is 295 Å². The van der Waals surface area contributed by atoms with Gasteiger partial charge >= 0.3 is 5.97 Å². The molecule has 264 valence electrons. The van der Waals surface area contributed by atoms with Crippen LogP contribution in [0.1, 0.15) is 87.1 Å². The van der Waals surface area contributed by atoms with Crippen LogP contribution >= 0.6 is 0 Å². The lowest BCUT2D eigenvalue weighted by atomic mass is 9.73. The first-order chi connectivity index (χ1) is 24.8. The maximum absolute atomic E-state index is 14.5. The van der Waals surface area contributed by atoms with Crippen molar-refractivity contribution in [2.75, 3.05) is 54.6 Å². The molecule has 0 radical (unpaired) electrons. The third-order valence-corrected chi connectivity index (χ3v) is 10.5. The molecular formula is C39H40FN5O6. The van der Waals surface area contributed by atoms with Gasteiger partial charge in [-0.05, 0) is 93.8 Å². The normalized spacial score (nSPS) is 17.7. The summed E-state index contributed by atoms with van der Waals surface area (Å²) in [5, 5.41) is 3.05. The summed E-state index contributed by atoms with van der Waals surface area (Å²) in [6.07, 6.45) is 8.62. The smallest absolute Gasteiger partial charge is 0.374 e. The van der Waals surface area contributed by atoms with Gasteiger partial charge in [0.2, 0.25) is 5.76 Å². The van der Waals surface area contributed by atoms with Crippen molar-refractivity contribution in [3.63, 3.8) is 0 Å². The van der Waals surface area contributed by atoms with Gasteiger partial charge in [-0.15, -0.1) is 0 Å². The van der Waals surface area contributed by atoms with Crippen LogP contribution in [0.4, 0.5) is 21.6 Å². The maximum Gasteiger partial charge on any atom is 0.374 e. The highest BCUT2D eigenvalue weighted by molar-refractivity contribution is 6.10. The Morgan fingerprint density at radius 2 is 1.76 bits per heavy atom. The number of carbonyl (C=O) groups is 3. The number of hydrogen-bond acceptors (Lipinski definition) is 9. The number of fused-ring (bicyclic) bond motifs is 4. The minimum absolute atomic E-state index is 0.0261. The van der Waals surface area contributed by atoms with Gasteiger partial charge < -0.3 is 29.0 Å². The lowest BCUT2D eigenvalue weighted by molar-refractivity contribution is -0.000524. The van der Waals surface area contributed by atoms with Crippen molar-refractivity contribution in [3.05, 3.63) is 88.2 Å². The Morgan fingerprint density at radius 3 is 2.55 bits per heavy atom. The number of furan rings is 1. The molecule has 0 unspecified atom stereocenters. The molecule has 2 fully saturated rings. The third kappa shape index (κ3) is 6.37. The van der Waals surface area contributed by atoms with E-state index in [9.17, 15) is 18.8 Å². The summed E-state index contributed by atoms with van der Waals surface area (Å²) in [7, 11) is 0. The first kappa shape index (κ1) is 33.1. The standard InChI is InChI=1S/C39H40FN5O6/c1-2-50-38(48)32-19-26-12-15-45(31-20-27(40)21-41-33(31)34(26)51-32)37(47)24-8-10-28(11-9-24)42-36(46)29-18-25-6-4-3-5-7-30(25)43-35(29)44-22-39(23-44)13-16-49-17-14-39/h8-11,18-21H,2-7,12-17,22-23H2,1H3,(H,42,46). The molecular weight excluding hydrogens is 653 g/mol. The van der Waals surface area contributed by atoms with Crippen LogP contribution in [-0.4, -0.2) is 67.2 Å². The van der Waals surface area contributed by atoms with Crippen LogP contribution in [0.2, 0.25) is 0 Å². The molecule has 3 aliphatic heterocycles. The SMILES string of the molecule is CCOC(=O)c1cc2c(o1)-c1ncc(F)cc1N(C(=O)c1ccc(NC(=O)c3cc4c(nc3N3CC5(CCOCC5)C3)CCCCC4)cc1)CC2. The number of halogens is 1. The first-order valence-corrected chi connectivity index (χ1v) is 17.9. The van der Waals surface area contributed by atoms with Crippen LogP contribution in [0.3, 0.4) is 0 Å². The number of amides is 2. The topological polar surface area (TPSA) is 127 Å². The second kappa shape index (κ2) is 13.6. The van der Waals surface area contributed by atoms with Crippen LogP contribution in [0, 0.1) is 11.2 Å². The monoisotopic (exact) mass is 693 g/mol. The number of benzene rings is 1. The van der Waals surface area contributed by atoms with Crippen LogP contribution in [-0.2, 0) is 28.7 Å². The maximum atomic E-state index is 14.5. The van der Waals surface area contributed by atoms with E-state index in [0.717, 1.165) is 94.5 Å². The van der Waals surface area contributed by atoms with Gasteiger partial charge in [0.05, 0.1) is 24.1 Å². The van der Waals surface area contributed by atoms with Gasteiger partial charge in [0.15, 0.2) is 5.76 Å². The summed E-state index contributed by atoms with van der Waals surface area (Å²) >= 11 is 0. The molecule has 51 heavy (non-hydrogen) atoms. The zero-order valence-corrected chi connectivity index (χ0v) is 28.6. The lowest BCUT2D eigenvalue weighted by Gasteiger charge is -2.53. The van der Waals surface area contributed by atoms with E-state index in [2.05, 4.69) is 15.2 Å². The van der Waals surface area contributed by atoms with E-state index in [4.69, 9.17) is 18.9 Å². The molecule has 3 aromatic heterocycles. The van der Waals surface area contributed by atoms with Gasteiger partial charge in [-0.25, -0.2) is 19.2 Å². The van der Waals surface area contributed by atoms with Gasteiger partial charge in [-0.3, -0.25) is 9.59 Å². The Hall–Kier alpha value is -5.10. The number of hydrogen-bond donors (Lipinski definition) is 1. The van der Waals surface area contributed by atoms with Crippen LogP contribution < -0.4 is 15.1 Å². The fourth-order valence-electron chi connectivity index (χ4n) is 7.78. The molecule has 2 saturated heterocycles. The molecule has 1 aliphatic carbocycles. The van der Waals surface area contributed by atoms with Crippen molar-refractivity contribution < 1.29 is 32.7 Å². The quantitative estimate of drug-likeness (QED) is 0.181. The van der Waals surface area contributed by atoms with E-state index in [0.29, 0.717) is 34.6 Å². The van der Waals surface area contributed by atoms with Gasteiger partial charge in [0, 0.05) is 66.8 Å². The number of aryl methyl sites for hydroxylation is 2. The fourth-order valence-corrected chi connectivity index (χ4v) is 7.78. The number of esters is 1. The number of pyridine rings is 2. The van der Waals surface area contributed by atoms with Crippen molar-refractivity contribution in [2.45, 2.75) is 58.3 Å². The lowest BCUT2D eigenvalue weighted by Crippen LogP contribution is -2.59. The largest absolute Gasteiger partial charge is 0.460 e. The van der Waals surface area contributed by atoms with Crippen molar-refractivity contribution >= 4 is 35.0 Å².